The van der Waals surface area contributed by atoms with Gasteiger partial charge in [-0.25, -0.2) is 0 Å². The highest BCUT2D eigenvalue weighted by Crippen LogP contribution is 2.24. The van der Waals surface area contributed by atoms with Crippen LogP contribution in [0.3, 0.4) is 0 Å². The van der Waals surface area contributed by atoms with E-state index in [0.717, 1.165) is 0 Å². The molecule has 0 radical (unpaired) electrons. The quantitative estimate of drug-likeness (QED) is 0.222. The molecule has 0 aliphatic carbocycles. The van der Waals surface area contributed by atoms with Crippen LogP contribution in [-0.4, -0.2) is 65.7 Å². The number of amides is 4. The van der Waals surface area contributed by atoms with Gasteiger partial charge in [-0.1, -0.05) is 30.3 Å². The molecule has 10 nitrogen and oxygen atoms in total. The van der Waals surface area contributed by atoms with Gasteiger partial charge >= 0.3 is 6.18 Å². The highest BCUT2D eigenvalue weighted by atomic mass is 19.4. The van der Waals surface area contributed by atoms with Crippen molar-refractivity contribution < 1.29 is 37.5 Å². The van der Waals surface area contributed by atoms with Crippen LogP contribution in [0.2, 0.25) is 0 Å². The second-order valence-corrected chi connectivity index (χ2v) is 7.35. The summed E-state index contributed by atoms with van der Waals surface area (Å²) in [6.07, 6.45) is -9.01. The molecule has 4 amide bonds. The number of aliphatic hydroxyl groups is 1. The van der Waals surface area contributed by atoms with Gasteiger partial charge in [0.15, 0.2) is 6.10 Å². The van der Waals surface area contributed by atoms with Crippen molar-refractivity contribution in [1.29, 1.82) is 0 Å². The van der Waals surface area contributed by atoms with Gasteiger partial charge in [0.25, 0.3) is 0 Å². The van der Waals surface area contributed by atoms with Crippen LogP contribution in [0.5, 0.6) is 0 Å². The molecule has 1 aromatic rings. The lowest BCUT2D eigenvalue weighted by Gasteiger charge is -2.27. The molecule has 0 aliphatic heterocycles. The predicted octanol–water partition coefficient (Wildman–Crippen LogP) is -1.15. The lowest BCUT2D eigenvalue weighted by atomic mass is 10.0. The third-order valence-corrected chi connectivity index (χ3v) is 4.62. The van der Waals surface area contributed by atoms with Crippen molar-refractivity contribution >= 4 is 23.6 Å². The van der Waals surface area contributed by atoms with Crippen molar-refractivity contribution in [2.45, 2.75) is 56.6 Å². The van der Waals surface area contributed by atoms with Crippen LogP contribution in [0.4, 0.5) is 13.2 Å². The Labute approximate surface area is 188 Å². The minimum atomic E-state index is -5.06. The van der Waals surface area contributed by atoms with E-state index in [2.05, 4.69) is 10.6 Å². The van der Waals surface area contributed by atoms with Crippen molar-refractivity contribution in [3.8, 4) is 0 Å². The number of nitrogens with two attached hydrogens (primary N) is 2. The summed E-state index contributed by atoms with van der Waals surface area (Å²) in [5.74, 6) is -3.34. The Hall–Kier alpha value is -3.19. The van der Waals surface area contributed by atoms with Crippen LogP contribution >= 0.6 is 0 Å². The first-order chi connectivity index (χ1) is 15.3. The standard InChI is InChI=1S/C20H28F3N5O5/c1-11(18(32)28-13(7-8-15(25)29)17(31)20(21,22)23)26-19(33)14(27-16(30)10-24)9-12-5-3-2-4-6-12/h2-6,11,13-14,17,31H,7-10,24H2,1H3,(H2,25,29)(H,26,33)(H,27,30)(H,28,32)/t11-,13?,14?,17?/m0/s1. The van der Waals surface area contributed by atoms with Gasteiger partial charge < -0.3 is 32.5 Å². The molecule has 1 rings (SSSR count). The molecule has 0 aromatic heterocycles. The Kier molecular flexibility index (Phi) is 10.8. The maximum absolute atomic E-state index is 12.9. The van der Waals surface area contributed by atoms with Crippen molar-refractivity contribution in [3.63, 3.8) is 0 Å². The molecule has 184 valence electrons. The van der Waals surface area contributed by atoms with Crippen LogP contribution in [0.25, 0.3) is 0 Å². The lowest BCUT2D eigenvalue weighted by molar-refractivity contribution is -0.212. The van der Waals surface area contributed by atoms with E-state index < -0.39 is 66.9 Å². The molecular weight excluding hydrogens is 447 g/mol. The molecule has 0 spiro atoms. The van der Waals surface area contributed by atoms with E-state index in [1.807, 2.05) is 5.32 Å². The number of carbonyl (C=O) groups excluding carboxylic acids is 4. The number of rotatable bonds is 12. The maximum Gasteiger partial charge on any atom is 0.416 e. The third kappa shape index (κ3) is 9.87. The van der Waals surface area contributed by atoms with Crippen molar-refractivity contribution in [3.05, 3.63) is 35.9 Å². The molecule has 33 heavy (non-hydrogen) atoms. The van der Waals surface area contributed by atoms with Gasteiger partial charge in [0.2, 0.25) is 23.6 Å². The number of carbonyl (C=O) groups is 4. The SMILES string of the molecule is C[C@H](NC(=O)C(Cc1ccccc1)NC(=O)CN)C(=O)NC(CCC(N)=O)C(O)C(F)(F)F. The van der Waals surface area contributed by atoms with E-state index in [1.165, 1.54) is 6.92 Å². The van der Waals surface area contributed by atoms with Crippen LogP contribution in [0.1, 0.15) is 25.3 Å². The topological polar surface area (TPSA) is 177 Å². The molecule has 0 aliphatic rings. The molecule has 0 fully saturated rings. The number of hydrogen-bond acceptors (Lipinski definition) is 6. The largest absolute Gasteiger partial charge is 0.416 e. The second-order valence-electron chi connectivity index (χ2n) is 7.35. The maximum atomic E-state index is 12.9. The number of primary amides is 1. The van der Waals surface area contributed by atoms with Crippen molar-refractivity contribution in [2.75, 3.05) is 6.54 Å². The van der Waals surface area contributed by atoms with Gasteiger partial charge in [-0.2, -0.15) is 13.2 Å². The summed E-state index contributed by atoms with van der Waals surface area (Å²) in [6, 6.07) is 4.34. The number of hydrogen-bond donors (Lipinski definition) is 6. The fourth-order valence-corrected chi connectivity index (χ4v) is 2.83. The van der Waals surface area contributed by atoms with Gasteiger partial charge in [0, 0.05) is 12.8 Å². The minimum Gasteiger partial charge on any atom is -0.382 e. The number of halogens is 3. The fourth-order valence-electron chi connectivity index (χ4n) is 2.83. The van der Waals surface area contributed by atoms with Crippen LogP contribution in [0, 0.1) is 0 Å². The molecule has 0 saturated heterocycles. The third-order valence-electron chi connectivity index (χ3n) is 4.62. The van der Waals surface area contributed by atoms with Gasteiger partial charge in [-0.3, -0.25) is 19.2 Å². The summed E-state index contributed by atoms with van der Waals surface area (Å²) in [5, 5.41) is 16.2. The molecule has 3 unspecified atom stereocenters. The average Bonchev–Trinajstić information content (AvgIpc) is 2.75. The van der Waals surface area contributed by atoms with Crippen molar-refractivity contribution in [1.82, 2.24) is 16.0 Å². The first kappa shape index (κ1) is 27.8. The zero-order valence-corrected chi connectivity index (χ0v) is 17.9. The molecule has 8 N–H and O–H groups in total. The number of aliphatic hydroxyl groups excluding tert-OH is 1. The van der Waals surface area contributed by atoms with Crippen LogP contribution in [-0.2, 0) is 25.6 Å². The van der Waals surface area contributed by atoms with Gasteiger partial charge in [-0.05, 0) is 18.9 Å². The zero-order valence-electron chi connectivity index (χ0n) is 17.9. The highest BCUT2D eigenvalue weighted by molar-refractivity contribution is 5.92. The van der Waals surface area contributed by atoms with Gasteiger partial charge in [0.1, 0.15) is 12.1 Å². The smallest absolute Gasteiger partial charge is 0.382 e. The second kappa shape index (κ2) is 12.7. The number of alkyl halides is 3. The number of benzene rings is 1. The first-order valence-corrected chi connectivity index (χ1v) is 10.0. The predicted molar refractivity (Wildman–Crippen MR) is 111 cm³/mol. The summed E-state index contributed by atoms with van der Waals surface area (Å²) in [7, 11) is 0. The van der Waals surface area contributed by atoms with E-state index in [-0.39, 0.29) is 13.0 Å². The Morgan fingerprint density at radius 3 is 2.15 bits per heavy atom. The first-order valence-electron chi connectivity index (χ1n) is 10.0. The normalized spacial score (nSPS) is 15.0. The van der Waals surface area contributed by atoms with E-state index in [4.69, 9.17) is 11.5 Å². The Morgan fingerprint density at radius 2 is 1.64 bits per heavy atom. The lowest BCUT2D eigenvalue weighted by Crippen LogP contribution is -2.57. The summed E-state index contributed by atoms with van der Waals surface area (Å²) >= 11 is 0. The molecule has 0 heterocycles. The molecule has 4 atom stereocenters. The van der Waals surface area contributed by atoms with E-state index in [9.17, 15) is 37.5 Å². The van der Waals surface area contributed by atoms with Gasteiger partial charge in [0.05, 0.1) is 12.6 Å². The highest BCUT2D eigenvalue weighted by Gasteiger charge is 2.44. The van der Waals surface area contributed by atoms with Gasteiger partial charge in [-0.15, -0.1) is 0 Å². The summed E-state index contributed by atoms with van der Waals surface area (Å²) in [5.41, 5.74) is 10.9. The Morgan fingerprint density at radius 1 is 1.03 bits per heavy atom. The molecule has 0 saturated carbocycles. The molecule has 1 aromatic carbocycles. The molecule has 0 bridgehead atoms. The fraction of sp³-hybridized carbons (Fsp3) is 0.500. The van der Waals surface area contributed by atoms with Crippen LogP contribution < -0.4 is 27.4 Å². The van der Waals surface area contributed by atoms with E-state index in [1.54, 1.807) is 30.3 Å². The Balaban J connectivity index is 2.88. The van der Waals surface area contributed by atoms with E-state index in [0.29, 0.717) is 5.56 Å². The van der Waals surface area contributed by atoms with Crippen molar-refractivity contribution in [2.24, 2.45) is 11.5 Å². The van der Waals surface area contributed by atoms with E-state index >= 15 is 0 Å². The zero-order chi connectivity index (χ0) is 25.2. The average molecular weight is 475 g/mol. The molecule has 13 heteroatoms. The molecular formula is C20H28F3N5O5. The summed E-state index contributed by atoms with van der Waals surface area (Å²) in [4.78, 5) is 47.7. The summed E-state index contributed by atoms with van der Waals surface area (Å²) < 4.78 is 38.7. The number of nitrogens with one attached hydrogen (secondary N) is 3. The van der Waals surface area contributed by atoms with Crippen LogP contribution in [0.15, 0.2) is 30.3 Å². The monoisotopic (exact) mass is 475 g/mol. The Bertz CT molecular complexity index is 822. The summed E-state index contributed by atoms with van der Waals surface area (Å²) in [6.45, 7) is 0.828. The minimum absolute atomic E-state index is 0.0702.